The molecule has 0 bridgehead atoms. The van der Waals surface area contributed by atoms with Gasteiger partial charge in [0.1, 0.15) is 5.82 Å². The lowest BCUT2D eigenvalue weighted by molar-refractivity contribution is 0.626. The molecule has 2 aromatic rings. The molecule has 2 N–H and O–H groups in total. The molecule has 3 nitrogen and oxygen atoms in total. The summed E-state index contributed by atoms with van der Waals surface area (Å²) < 4.78 is 13.5. The third-order valence-electron chi connectivity index (χ3n) is 4.89. The van der Waals surface area contributed by atoms with Gasteiger partial charge in [-0.05, 0) is 55.2 Å². The van der Waals surface area contributed by atoms with Gasteiger partial charge in [-0.3, -0.25) is 0 Å². The van der Waals surface area contributed by atoms with Crippen LogP contribution in [-0.4, -0.2) is 16.7 Å². The van der Waals surface area contributed by atoms with Crippen LogP contribution in [0.2, 0.25) is 0 Å². The minimum absolute atomic E-state index is 0.0873. The monoisotopic (exact) mass is 337 g/mol. The lowest BCUT2D eigenvalue weighted by atomic mass is 9.86. The van der Waals surface area contributed by atoms with E-state index in [0.29, 0.717) is 0 Å². The summed E-state index contributed by atoms with van der Waals surface area (Å²) in [6, 6.07) is 6.95. The van der Waals surface area contributed by atoms with Crippen LogP contribution in [0.15, 0.2) is 41.5 Å². The lowest BCUT2D eigenvalue weighted by Gasteiger charge is -2.26. The zero-order valence-corrected chi connectivity index (χ0v) is 15.2. The van der Waals surface area contributed by atoms with Crippen molar-refractivity contribution in [3.05, 3.63) is 64.6 Å². The van der Waals surface area contributed by atoms with Gasteiger partial charge in [-0.1, -0.05) is 26.0 Å². The molecule has 0 saturated carbocycles. The third-order valence-corrected chi connectivity index (χ3v) is 4.89. The molecule has 0 fully saturated rings. The van der Waals surface area contributed by atoms with Crippen molar-refractivity contribution in [1.82, 2.24) is 4.98 Å². The fourth-order valence-electron chi connectivity index (χ4n) is 3.36. The topological polar surface area (TPSA) is 51.3 Å². The predicted octanol–water partition coefficient (Wildman–Crippen LogP) is 4.91. The summed E-state index contributed by atoms with van der Waals surface area (Å²) in [4.78, 5) is 9.11. The quantitative estimate of drug-likeness (QED) is 0.865. The molecule has 25 heavy (non-hydrogen) atoms. The molecule has 130 valence electrons. The van der Waals surface area contributed by atoms with Gasteiger partial charge in [0.15, 0.2) is 5.82 Å². The van der Waals surface area contributed by atoms with E-state index in [1.807, 2.05) is 26.1 Å². The smallest absolute Gasteiger partial charge is 0.155 e. The second-order valence-corrected chi connectivity index (χ2v) is 6.69. The highest BCUT2D eigenvalue weighted by Gasteiger charge is 2.26. The second kappa shape index (κ2) is 6.89. The van der Waals surface area contributed by atoms with Gasteiger partial charge in [-0.25, -0.2) is 14.4 Å². The van der Waals surface area contributed by atoms with Crippen LogP contribution < -0.4 is 5.73 Å². The van der Waals surface area contributed by atoms with E-state index in [4.69, 9.17) is 5.73 Å². The Balaban J connectivity index is 2.12. The number of nitrogens with zero attached hydrogens (tertiary/aromatic N) is 2. The maximum Gasteiger partial charge on any atom is 0.155 e. The van der Waals surface area contributed by atoms with E-state index >= 15 is 0 Å². The maximum atomic E-state index is 13.5. The van der Waals surface area contributed by atoms with Crippen LogP contribution in [0.25, 0.3) is 5.57 Å². The van der Waals surface area contributed by atoms with Crippen molar-refractivity contribution < 1.29 is 4.39 Å². The van der Waals surface area contributed by atoms with Gasteiger partial charge < -0.3 is 5.73 Å². The fourth-order valence-corrected chi connectivity index (χ4v) is 3.36. The van der Waals surface area contributed by atoms with Crippen LogP contribution in [0, 0.1) is 12.7 Å². The summed E-state index contributed by atoms with van der Waals surface area (Å²) in [6.45, 7) is 8.08. The van der Waals surface area contributed by atoms with E-state index in [1.54, 1.807) is 6.07 Å². The van der Waals surface area contributed by atoms with Crippen molar-refractivity contribution in [1.29, 1.82) is 0 Å². The van der Waals surface area contributed by atoms with E-state index in [0.717, 1.165) is 45.8 Å². The highest BCUT2D eigenvalue weighted by atomic mass is 19.1. The van der Waals surface area contributed by atoms with Crippen LogP contribution in [-0.2, 0) is 0 Å². The number of hydrogen-bond donors (Lipinski definition) is 1. The predicted molar refractivity (Wildman–Crippen MR) is 102 cm³/mol. The molecular weight excluding hydrogens is 313 g/mol. The van der Waals surface area contributed by atoms with Gasteiger partial charge in [0.2, 0.25) is 0 Å². The summed E-state index contributed by atoms with van der Waals surface area (Å²) in [7, 11) is 0. The Labute approximate surface area is 148 Å². The van der Waals surface area contributed by atoms with E-state index in [9.17, 15) is 4.39 Å². The molecule has 3 rings (SSSR count). The minimum atomic E-state index is -0.218. The Kier molecular flexibility index (Phi) is 4.82. The molecule has 4 heteroatoms. The summed E-state index contributed by atoms with van der Waals surface area (Å²) in [5, 5.41) is 0. The summed E-state index contributed by atoms with van der Waals surface area (Å²) in [6.07, 6.45) is 4.89. The number of pyridine rings is 1. The fraction of sp³-hybridized carbons (Fsp3) is 0.333. The number of rotatable bonds is 3. The Hall–Kier alpha value is -2.33. The number of aryl methyl sites for hydroxylation is 1. The van der Waals surface area contributed by atoms with Crippen molar-refractivity contribution in [2.24, 2.45) is 10.7 Å². The molecule has 1 aliphatic heterocycles. The van der Waals surface area contributed by atoms with Gasteiger partial charge >= 0.3 is 0 Å². The Bertz CT molecular complexity index is 867. The third kappa shape index (κ3) is 3.27. The molecule has 0 amide bonds. The van der Waals surface area contributed by atoms with Gasteiger partial charge in [0.25, 0.3) is 0 Å². The molecule has 1 aromatic carbocycles. The first-order valence-corrected chi connectivity index (χ1v) is 8.70. The van der Waals surface area contributed by atoms with Gasteiger partial charge in [0.05, 0.1) is 0 Å². The average molecular weight is 337 g/mol. The molecule has 0 radical (unpaired) electrons. The number of fused-ring (bicyclic) bond motifs is 1. The normalized spacial score (nSPS) is 20.2. The van der Waals surface area contributed by atoms with E-state index < -0.39 is 0 Å². The SMILES string of the molecule is CCC=C(c1cnc2c(c1)C(C)C(N)C(C)=N2)c1ccc(F)cc1C. The zero-order valence-electron chi connectivity index (χ0n) is 15.2. The second-order valence-electron chi connectivity index (χ2n) is 6.69. The average Bonchev–Trinajstić information content (AvgIpc) is 2.58. The first kappa shape index (κ1) is 17.5. The van der Waals surface area contributed by atoms with Gasteiger partial charge in [-0.15, -0.1) is 0 Å². The molecule has 2 unspecified atom stereocenters. The molecule has 0 aliphatic carbocycles. The first-order chi connectivity index (χ1) is 11.9. The standard InChI is InChI=1S/C21H24FN3/c1-5-6-18(17-8-7-16(22)9-12(17)2)15-10-19-13(3)20(23)14(4)25-21(19)24-11-15/h6-11,13,20H,5,23H2,1-4H3. The zero-order chi connectivity index (χ0) is 18.1. The maximum absolute atomic E-state index is 13.5. The lowest BCUT2D eigenvalue weighted by Crippen LogP contribution is -2.36. The molecular formula is C21H24FN3. The number of halogens is 1. The number of aromatic nitrogens is 1. The Morgan fingerprint density at radius 3 is 2.72 bits per heavy atom. The van der Waals surface area contributed by atoms with Crippen LogP contribution in [0.4, 0.5) is 10.2 Å². The van der Waals surface area contributed by atoms with Crippen LogP contribution in [0.1, 0.15) is 55.4 Å². The van der Waals surface area contributed by atoms with E-state index in [-0.39, 0.29) is 17.8 Å². The van der Waals surface area contributed by atoms with Crippen molar-refractivity contribution in [2.75, 3.05) is 0 Å². The highest BCUT2D eigenvalue weighted by Crippen LogP contribution is 2.36. The summed E-state index contributed by atoms with van der Waals surface area (Å²) >= 11 is 0. The summed E-state index contributed by atoms with van der Waals surface area (Å²) in [5.74, 6) is 0.698. The molecule has 1 aromatic heterocycles. The molecule has 2 heterocycles. The van der Waals surface area contributed by atoms with E-state index in [2.05, 4.69) is 36.0 Å². The molecule has 0 spiro atoms. The van der Waals surface area contributed by atoms with Crippen molar-refractivity contribution in [2.45, 2.75) is 46.1 Å². The van der Waals surface area contributed by atoms with Gasteiger partial charge in [-0.2, -0.15) is 0 Å². The summed E-state index contributed by atoms with van der Waals surface area (Å²) in [5.41, 5.74) is 12.3. The van der Waals surface area contributed by atoms with Crippen molar-refractivity contribution in [3.63, 3.8) is 0 Å². The van der Waals surface area contributed by atoms with Crippen LogP contribution >= 0.6 is 0 Å². The van der Waals surface area contributed by atoms with Gasteiger partial charge in [0, 0.05) is 35.0 Å². The highest BCUT2D eigenvalue weighted by molar-refractivity contribution is 5.92. The largest absolute Gasteiger partial charge is 0.322 e. The first-order valence-electron chi connectivity index (χ1n) is 8.70. The Morgan fingerprint density at radius 1 is 1.28 bits per heavy atom. The number of nitrogens with two attached hydrogens (primary N) is 1. The number of aliphatic imine (C=N–C) groups is 1. The Morgan fingerprint density at radius 2 is 2.04 bits per heavy atom. The molecule has 2 atom stereocenters. The number of benzene rings is 1. The minimum Gasteiger partial charge on any atom is -0.322 e. The van der Waals surface area contributed by atoms with Crippen LogP contribution in [0.3, 0.4) is 0 Å². The number of hydrogen-bond acceptors (Lipinski definition) is 3. The number of allylic oxidation sites excluding steroid dienone is 1. The van der Waals surface area contributed by atoms with E-state index in [1.165, 1.54) is 6.07 Å². The molecule has 1 aliphatic rings. The van der Waals surface area contributed by atoms with Crippen molar-refractivity contribution in [3.8, 4) is 0 Å². The van der Waals surface area contributed by atoms with Crippen molar-refractivity contribution >= 4 is 17.1 Å². The van der Waals surface area contributed by atoms with Crippen LogP contribution in [0.5, 0.6) is 0 Å². The molecule has 0 saturated heterocycles.